The van der Waals surface area contributed by atoms with E-state index < -0.39 is 0 Å². The normalized spacial score (nSPS) is 17.6. The Labute approximate surface area is 678 Å². The molecule has 11 N–H and O–H groups in total. The standard InChI is InChI=1S/C20H18O3.2C10H16.2C9H12O.6C6H6O.4C2H6/c21-18-10-3-1-6-14(18)12-16-8-5-9-17(20(16)23)13-15-7-2-4-11-19(15)22;2*1-2-9-7-4-5-8(6-7)10(9)3-1;2*1-7(2)8-5-3-4-6-9(8)10;6*7-6-4-2-1-3-5-6;4*1-2/h1-11,21-23H,12-13H2;2*7-10H,1-6H2;2*3-7,10H,1-2H3;6*1-5,7H;4*1-2H3. The highest BCUT2D eigenvalue weighted by Crippen LogP contribution is 2.59. The maximum Gasteiger partial charge on any atom is 0.122 e. The molecule has 6 fully saturated rings. The van der Waals surface area contributed by atoms with Gasteiger partial charge in [0.25, 0.3) is 0 Å². The van der Waals surface area contributed by atoms with Gasteiger partial charge >= 0.3 is 0 Å². The number of benzene rings is 11. The summed E-state index contributed by atoms with van der Waals surface area (Å²) in [6, 6.07) is 86.9. The van der Waals surface area contributed by atoms with E-state index >= 15 is 0 Å². The Hall–Kier alpha value is -10.8. The third kappa shape index (κ3) is 36.5. The van der Waals surface area contributed by atoms with Crippen LogP contribution in [0.5, 0.6) is 63.2 Å². The molecular weight excluding hydrogens is 1400 g/mol. The molecule has 0 radical (unpaired) electrons. The van der Waals surface area contributed by atoms with Gasteiger partial charge in [0.05, 0.1) is 0 Å². The molecule has 17 rings (SSSR count). The van der Waals surface area contributed by atoms with E-state index in [1.807, 2.05) is 171 Å². The topological polar surface area (TPSA) is 223 Å². The minimum absolute atomic E-state index is 0.207. The Morgan fingerprint density at radius 2 is 0.416 bits per heavy atom. The van der Waals surface area contributed by atoms with Gasteiger partial charge < -0.3 is 56.2 Å². The Morgan fingerprint density at radius 3 is 0.602 bits per heavy atom. The molecule has 8 unspecified atom stereocenters. The van der Waals surface area contributed by atoms with Crippen molar-refractivity contribution in [3.05, 3.63) is 331 Å². The highest BCUT2D eigenvalue weighted by molar-refractivity contribution is 5.48. The van der Waals surface area contributed by atoms with Gasteiger partial charge in [-0.15, -0.1) is 0 Å². The third-order valence-corrected chi connectivity index (χ3v) is 20.3. The quantitative estimate of drug-likeness (QED) is 0.0752. The van der Waals surface area contributed by atoms with Crippen LogP contribution in [0.4, 0.5) is 0 Å². The molecule has 11 nitrogen and oxygen atoms in total. The Bertz CT molecular complexity index is 3650. The van der Waals surface area contributed by atoms with Crippen molar-refractivity contribution < 1.29 is 56.2 Å². The van der Waals surface area contributed by atoms with E-state index in [1.54, 1.807) is 259 Å². The summed E-state index contributed by atoms with van der Waals surface area (Å²) in [6.07, 6.45) is 20.0. The van der Waals surface area contributed by atoms with Crippen molar-refractivity contribution >= 4 is 0 Å². The van der Waals surface area contributed by atoms with Crippen LogP contribution in [0.1, 0.15) is 205 Å². The number of hydrogen-bond acceptors (Lipinski definition) is 11. The van der Waals surface area contributed by atoms with Crippen molar-refractivity contribution in [2.24, 2.45) is 47.3 Å². The van der Waals surface area contributed by atoms with Crippen LogP contribution < -0.4 is 0 Å². The zero-order valence-electron chi connectivity index (χ0n) is 69.4. The van der Waals surface area contributed by atoms with Gasteiger partial charge in [0, 0.05) is 12.8 Å². The first kappa shape index (κ1) is 96.4. The Morgan fingerprint density at radius 1 is 0.221 bits per heavy atom. The number of hydrogen-bond donors (Lipinski definition) is 11. The molecule has 6 saturated carbocycles. The lowest BCUT2D eigenvalue weighted by Gasteiger charge is -2.23. The molecule has 4 bridgehead atoms. The van der Waals surface area contributed by atoms with Gasteiger partial charge in [0.1, 0.15) is 63.2 Å². The van der Waals surface area contributed by atoms with Crippen LogP contribution in [0.15, 0.2) is 297 Å². The van der Waals surface area contributed by atoms with Crippen LogP contribution in [0.25, 0.3) is 0 Å². The lowest BCUT2D eigenvalue weighted by Crippen LogP contribution is -2.15. The zero-order chi connectivity index (χ0) is 83.1. The van der Waals surface area contributed by atoms with E-state index in [4.69, 9.17) is 30.6 Å². The second-order valence-corrected chi connectivity index (χ2v) is 28.2. The second-order valence-electron chi connectivity index (χ2n) is 28.2. The number of phenols is 11. The summed E-state index contributed by atoms with van der Waals surface area (Å²) >= 11 is 0. The van der Waals surface area contributed by atoms with Crippen molar-refractivity contribution in [3.8, 4) is 63.2 Å². The third-order valence-electron chi connectivity index (χ3n) is 20.3. The number of para-hydroxylation sites is 11. The van der Waals surface area contributed by atoms with Crippen LogP contribution in [0, 0.1) is 47.3 Å². The van der Waals surface area contributed by atoms with Gasteiger partial charge in [0.2, 0.25) is 0 Å². The molecule has 0 heterocycles. The number of rotatable bonds is 6. The van der Waals surface area contributed by atoms with Crippen LogP contribution in [0.2, 0.25) is 0 Å². The number of aromatic hydroxyl groups is 11. The van der Waals surface area contributed by atoms with Crippen molar-refractivity contribution in [2.45, 2.75) is 185 Å². The second kappa shape index (κ2) is 57.3. The van der Waals surface area contributed by atoms with Crippen molar-refractivity contribution in [2.75, 3.05) is 0 Å². The lowest BCUT2D eigenvalue weighted by molar-refractivity contribution is 0.259. The summed E-state index contributed by atoms with van der Waals surface area (Å²) in [6.45, 7) is 24.3. The van der Waals surface area contributed by atoms with Crippen molar-refractivity contribution in [1.82, 2.24) is 0 Å². The van der Waals surface area contributed by atoms with E-state index in [2.05, 4.69) is 27.7 Å². The van der Waals surface area contributed by atoms with Crippen LogP contribution in [0.3, 0.4) is 0 Å². The average molecular weight is 1540 g/mol. The number of phenolic OH excluding ortho intramolecular Hbond substituents is 11. The molecule has 0 amide bonds. The summed E-state index contributed by atoms with van der Waals surface area (Å²) < 4.78 is 0. The molecule has 6 aliphatic rings. The molecule has 0 aliphatic heterocycles. The average Bonchev–Trinajstić information content (AvgIpc) is 1.63. The fraction of sp³-hybridized carbons (Fsp3) is 0.353. The van der Waals surface area contributed by atoms with E-state index in [0.29, 0.717) is 70.7 Å². The molecule has 11 aromatic rings. The van der Waals surface area contributed by atoms with Crippen LogP contribution in [-0.4, -0.2) is 56.2 Å². The minimum atomic E-state index is 0.207. The Balaban J connectivity index is 0.000000327. The SMILES string of the molecule is C1CC2C3CCC(C3)C2C1.C1CC2C3CCC(C3)C2C1.CC.CC.CC.CC.CC(C)c1ccccc1O.CC(C)c1ccccc1O.Oc1ccccc1.Oc1ccccc1.Oc1ccccc1.Oc1ccccc1.Oc1ccccc1.Oc1ccccc1.Oc1ccccc1Cc1cccc(Cc2ccccc2O)c1O. The summed E-state index contributed by atoms with van der Waals surface area (Å²) in [5.41, 5.74) is 5.06. The predicted octanol–water partition coefficient (Wildman–Crippen LogP) is 27.1. The molecular formula is C102H134O11. The molecule has 0 aromatic heterocycles. The zero-order valence-corrected chi connectivity index (χ0v) is 69.4. The van der Waals surface area contributed by atoms with Gasteiger partial charge in [0.15, 0.2) is 0 Å². The highest BCUT2D eigenvalue weighted by Gasteiger charge is 2.50. The predicted molar refractivity (Wildman–Crippen MR) is 472 cm³/mol. The summed E-state index contributed by atoms with van der Waals surface area (Å²) in [5, 5.41) is 101. The van der Waals surface area contributed by atoms with Crippen molar-refractivity contribution in [1.29, 1.82) is 0 Å². The van der Waals surface area contributed by atoms with Crippen LogP contribution in [-0.2, 0) is 12.8 Å². The monoisotopic (exact) mass is 1530 g/mol. The smallest absolute Gasteiger partial charge is 0.122 e. The minimum Gasteiger partial charge on any atom is -0.508 e. The van der Waals surface area contributed by atoms with Gasteiger partial charge in [-0.25, -0.2) is 0 Å². The van der Waals surface area contributed by atoms with Gasteiger partial charge in [-0.3, -0.25) is 0 Å². The van der Waals surface area contributed by atoms with Crippen LogP contribution >= 0.6 is 0 Å². The Kier molecular flexibility index (Phi) is 48.9. The van der Waals surface area contributed by atoms with Gasteiger partial charge in [-0.2, -0.15) is 0 Å². The summed E-state index contributed by atoms with van der Waals surface area (Å²) in [7, 11) is 0. The van der Waals surface area contributed by atoms with Gasteiger partial charge in [-0.05, 0) is 254 Å². The summed E-state index contributed by atoms with van der Waals surface area (Å²) in [4.78, 5) is 0. The fourth-order valence-electron chi connectivity index (χ4n) is 15.2. The lowest BCUT2D eigenvalue weighted by atomic mass is 9.82. The maximum atomic E-state index is 10.5. The molecule has 0 spiro atoms. The van der Waals surface area contributed by atoms with E-state index in [1.165, 1.54) is 47.3 Å². The first-order chi connectivity index (χ1) is 54.8. The highest BCUT2D eigenvalue weighted by atomic mass is 16.3. The molecule has 8 atom stereocenters. The maximum absolute atomic E-state index is 10.5. The van der Waals surface area contributed by atoms with E-state index in [-0.39, 0.29) is 17.2 Å². The molecule has 6 aliphatic carbocycles. The van der Waals surface area contributed by atoms with E-state index in [0.717, 1.165) is 33.4 Å². The molecule has 11 aromatic carbocycles. The molecule has 0 saturated heterocycles. The first-order valence-corrected chi connectivity index (χ1v) is 41.2. The summed E-state index contributed by atoms with van der Waals surface area (Å²) in [5.74, 6) is 13.8. The molecule has 11 heteroatoms. The number of fused-ring (bicyclic) bond motifs is 10. The fourth-order valence-corrected chi connectivity index (χ4v) is 15.2. The largest absolute Gasteiger partial charge is 0.508 e. The molecule has 608 valence electrons. The van der Waals surface area contributed by atoms with E-state index in [9.17, 15) is 25.5 Å². The van der Waals surface area contributed by atoms with Crippen molar-refractivity contribution in [3.63, 3.8) is 0 Å². The molecule has 113 heavy (non-hydrogen) atoms. The van der Waals surface area contributed by atoms with Gasteiger partial charge in [-0.1, -0.05) is 296 Å². The first-order valence-electron chi connectivity index (χ1n) is 41.2.